The molecule has 0 bridgehead atoms. The molecule has 0 aliphatic carbocycles. The van der Waals surface area contributed by atoms with Gasteiger partial charge in [0.2, 0.25) is 5.91 Å². The molecule has 8 heteroatoms. The van der Waals surface area contributed by atoms with E-state index in [0.29, 0.717) is 30.8 Å². The lowest BCUT2D eigenvalue weighted by Gasteiger charge is -2.08. The van der Waals surface area contributed by atoms with Crippen LogP contribution in [-0.4, -0.2) is 32.0 Å². The van der Waals surface area contributed by atoms with Gasteiger partial charge in [-0.05, 0) is 62.2 Å². The minimum absolute atomic E-state index is 0.0668. The Balaban J connectivity index is 1.26. The van der Waals surface area contributed by atoms with Crippen molar-refractivity contribution in [2.24, 2.45) is 0 Å². The topological polar surface area (TPSA) is 95.0 Å². The van der Waals surface area contributed by atoms with Gasteiger partial charge in [0.05, 0.1) is 24.2 Å². The zero-order valence-electron chi connectivity index (χ0n) is 18.1. The summed E-state index contributed by atoms with van der Waals surface area (Å²) < 4.78 is 8.55. The molecule has 1 N–H and O–H groups in total. The van der Waals surface area contributed by atoms with Crippen molar-refractivity contribution in [3.05, 3.63) is 88.2 Å². The summed E-state index contributed by atoms with van der Waals surface area (Å²) in [5, 5.41) is 11.6. The molecule has 4 aromatic rings. The van der Waals surface area contributed by atoms with Gasteiger partial charge in [-0.2, -0.15) is 10.2 Å². The van der Waals surface area contributed by atoms with Crippen molar-refractivity contribution < 1.29 is 9.21 Å². The van der Waals surface area contributed by atoms with E-state index < -0.39 is 0 Å². The Morgan fingerprint density at radius 1 is 1.06 bits per heavy atom. The molecular weight excluding hydrogens is 406 g/mol. The predicted molar refractivity (Wildman–Crippen MR) is 121 cm³/mol. The fourth-order valence-electron chi connectivity index (χ4n) is 3.51. The second-order valence-corrected chi connectivity index (χ2v) is 7.61. The van der Waals surface area contributed by atoms with Crippen LogP contribution in [0.15, 0.2) is 70.1 Å². The average Bonchev–Trinajstić information content (AvgIpc) is 3.43. The number of aryl methyl sites for hydroxylation is 3. The van der Waals surface area contributed by atoms with E-state index in [9.17, 15) is 9.59 Å². The summed E-state index contributed by atoms with van der Waals surface area (Å²) in [6.07, 6.45) is 2.56. The highest BCUT2D eigenvalue weighted by molar-refractivity contribution is 5.76. The number of hydrogen-bond acceptors (Lipinski definition) is 5. The molecule has 0 unspecified atom stereocenters. The maximum atomic E-state index is 12.2. The van der Waals surface area contributed by atoms with Gasteiger partial charge in [0, 0.05) is 24.7 Å². The van der Waals surface area contributed by atoms with Crippen molar-refractivity contribution in [1.29, 1.82) is 0 Å². The smallest absolute Gasteiger partial charge is 0.266 e. The highest BCUT2D eigenvalue weighted by atomic mass is 16.3. The highest BCUT2D eigenvalue weighted by Gasteiger charge is 2.08. The Kier molecular flexibility index (Phi) is 6.30. The first-order valence-corrected chi connectivity index (χ1v) is 10.5. The van der Waals surface area contributed by atoms with Crippen molar-refractivity contribution in [2.75, 3.05) is 6.54 Å². The van der Waals surface area contributed by atoms with Crippen molar-refractivity contribution >= 4 is 5.91 Å². The summed E-state index contributed by atoms with van der Waals surface area (Å²) in [5.74, 6) is 0.523. The summed E-state index contributed by atoms with van der Waals surface area (Å²) in [4.78, 5) is 24.3. The third-order valence-corrected chi connectivity index (χ3v) is 5.12. The molecule has 164 valence electrons. The van der Waals surface area contributed by atoms with Gasteiger partial charge in [-0.25, -0.2) is 9.36 Å². The normalized spacial score (nSPS) is 10.9. The van der Waals surface area contributed by atoms with Gasteiger partial charge in [0.15, 0.2) is 5.76 Å². The molecule has 1 aromatic carbocycles. The number of rotatable bonds is 8. The van der Waals surface area contributed by atoms with E-state index in [-0.39, 0.29) is 18.0 Å². The van der Waals surface area contributed by atoms with Crippen LogP contribution >= 0.6 is 0 Å². The molecular formula is C24H25N5O3. The van der Waals surface area contributed by atoms with Crippen molar-refractivity contribution in [3.8, 4) is 17.1 Å². The zero-order valence-corrected chi connectivity index (χ0v) is 18.1. The molecule has 0 saturated carbocycles. The van der Waals surface area contributed by atoms with Crippen LogP contribution in [0.25, 0.3) is 17.1 Å². The van der Waals surface area contributed by atoms with Gasteiger partial charge in [-0.1, -0.05) is 12.1 Å². The lowest BCUT2D eigenvalue weighted by molar-refractivity contribution is -0.121. The number of benzene rings is 1. The summed E-state index contributed by atoms with van der Waals surface area (Å²) in [6, 6.07) is 16.7. The van der Waals surface area contributed by atoms with E-state index in [0.717, 1.165) is 22.6 Å². The third-order valence-electron chi connectivity index (χ3n) is 5.12. The Morgan fingerprint density at radius 2 is 1.88 bits per heavy atom. The maximum Gasteiger partial charge on any atom is 0.266 e. The molecule has 3 heterocycles. The van der Waals surface area contributed by atoms with Gasteiger partial charge < -0.3 is 9.73 Å². The number of amides is 1. The Hall–Kier alpha value is -3.94. The molecule has 0 saturated heterocycles. The van der Waals surface area contributed by atoms with Crippen LogP contribution in [0.1, 0.15) is 23.4 Å². The first-order chi connectivity index (χ1) is 15.5. The van der Waals surface area contributed by atoms with Crippen molar-refractivity contribution in [3.63, 3.8) is 0 Å². The second-order valence-electron chi connectivity index (χ2n) is 7.61. The number of nitrogens with zero attached hydrogens (tertiary/aromatic N) is 4. The van der Waals surface area contributed by atoms with Crippen LogP contribution in [0.4, 0.5) is 0 Å². The fourth-order valence-corrected chi connectivity index (χ4v) is 3.51. The monoisotopic (exact) mass is 431 g/mol. The van der Waals surface area contributed by atoms with Gasteiger partial charge in [-0.3, -0.25) is 9.59 Å². The quantitative estimate of drug-likeness (QED) is 0.463. The van der Waals surface area contributed by atoms with E-state index in [1.165, 1.54) is 10.7 Å². The molecule has 3 aromatic heterocycles. The van der Waals surface area contributed by atoms with E-state index >= 15 is 0 Å². The van der Waals surface area contributed by atoms with E-state index in [4.69, 9.17) is 4.42 Å². The van der Waals surface area contributed by atoms with Crippen LogP contribution in [0.3, 0.4) is 0 Å². The molecule has 4 rings (SSSR count). The molecule has 0 spiro atoms. The first-order valence-electron chi connectivity index (χ1n) is 10.5. The number of nitrogens with one attached hydrogen (secondary N) is 1. The molecule has 0 atom stereocenters. The maximum absolute atomic E-state index is 12.2. The Bertz CT molecular complexity index is 1250. The Labute approximate surface area is 185 Å². The van der Waals surface area contributed by atoms with Crippen LogP contribution in [0.2, 0.25) is 0 Å². The third kappa shape index (κ3) is 5.03. The summed E-state index contributed by atoms with van der Waals surface area (Å²) in [7, 11) is 0. The number of furan rings is 1. The highest BCUT2D eigenvalue weighted by Crippen LogP contribution is 2.15. The number of carbonyl (C=O) groups excluding carboxylic acids is 1. The number of hydrogen-bond donors (Lipinski definition) is 1. The lowest BCUT2D eigenvalue weighted by atomic mass is 10.1. The van der Waals surface area contributed by atoms with Crippen LogP contribution < -0.4 is 10.9 Å². The van der Waals surface area contributed by atoms with E-state index in [1.807, 2.05) is 48.9 Å². The molecule has 0 aliphatic rings. The number of aromatic nitrogens is 4. The SMILES string of the molecule is Cc1cc(C)n(-c2ccc(CCC(=O)NCCn3nc(-c4ccco4)ccc3=O)cc2)n1. The van der Waals surface area contributed by atoms with E-state index in [2.05, 4.69) is 15.5 Å². The summed E-state index contributed by atoms with van der Waals surface area (Å²) in [6.45, 7) is 4.61. The van der Waals surface area contributed by atoms with Crippen LogP contribution in [0.5, 0.6) is 0 Å². The largest absolute Gasteiger partial charge is 0.463 e. The molecule has 0 fully saturated rings. The summed E-state index contributed by atoms with van der Waals surface area (Å²) in [5.41, 5.74) is 4.49. The minimum atomic E-state index is -0.225. The predicted octanol–water partition coefficient (Wildman–Crippen LogP) is 3.05. The van der Waals surface area contributed by atoms with Crippen molar-refractivity contribution in [1.82, 2.24) is 24.9 Å². The lowest BCUT2D eigenvalue weighted by Crippen LogP contribution is -2.32. The summed E-state index contributed by atoms with van der Waals surface area (Å²) >= 11 is 0. The van der Waals surface area contributed by atoms with Gasteiger partial charge in [0.25, 0.3) is 5.56 Å². The first kappa shape index (κ1) is 21.3. The zero-order chi connectivity index (χ0) is 22.5. The average molecular weight is 431 g/mol. The van der Waals surface area contributed by atoms with Gasteiger partial charge in [0.1, 0.15) is 5.69 Å². The number of carbonyl (C=O) groups is 1. The van der Waals surface area contributed by atoms with Crippen molar-refractivity contribution in [2.45, 2.75) is 33.2 Å². The second kappa shape index (κ2) is 9.47. The molecule has 0 aliphatic heterocycles. The standard InChI is InChI=1S/C24H25N5O3/c1-17-16-18(2)29(26-17)20-8-5-19(6-9-20)7-11-23(30)25-13-14-28-24(31)12-10-21(27-28)22-4-3-15-32-22/h3-6,8-10,12,15-16H,7,11,13-14H2,1-2H3,(H,25,30). The fraction of sp³-hybridized carbons (Fsp3) is 0.250. The van der Waals surface area contributed by atoms with Gasteiger partial charge in [-0.15, -0.1) is 0 Å². The Morgan fingerprint density at radius 3 is 2.56 bits per heavy atom. The molecule has 0 radical (unpaired) electrons. The van der Waals surface area contributed by atoms with E-state index in [1.54, 1.807) is 24.5 Å². The molecule has 32 heavy (non-hydrogen) atoms. The van der Waals surface area contributed by atoms with Crippen LogP contribution in [0, 0.1) is 13.8 Å². The molecule has 1 amide bonds. The molecule has 8 nitrogen and oxygen atoms in total. The minimum Gasteiger partial charge on any atom is -0.463 e. The van der Waals surface area contributed by atoms with Gasteiger partial charge >= 0.3 is 0 Å². The van der Waals surface area contributed by atoms with Crippen LogP contribution in [-0.2, 0) is 17.8 Å².